The number of nitrogens with one attached hydrogen (secondary N) is 1. The Labute approximate surface area is 159 Å². The highest BCUT2D eigenvalue weighted by Crippen LogP contribution is 2.30. The number of amides is 2. The number of aryl methyl sites for hydroxylation is 1. The summed E-state index contributed by atoms with van der Waals surface area (Å²) in [6.07, 6.45) is 1.51. The molecule has 1 N–H and O–H groups in total. The molecule has 1 aromatic carbocycles. The Kier molecular flexibility index (Phi) is 6.13. The van der Waals surface area contributed by atoms with Gasteiger partial charge in [0, 0.05) is 17.3 Å². The number of hydrogen-bond donors (Lipinski definition) is 1. The number of carbonyl (C=O) groups is 2. The number of anilines is 1. The first kappa shape index (κ1) is 20.5. The summed E-state index contributed by atoms with van der Waals surface area (Å²) in [6, 6.07) is 5.10. The maximum absolute atomic E-state index is 12.7. The van der Waals surface area contributed by atoms with E-state index in [1.54, 1.807) is 25.1 Å². The fraction of sp³-hybridized carbons (Fsp3) is 0.444. The number of hydrogen-bond acceptors (Lipinski definition) is 4. The van der Waals surface area contributed by atoms with Gasteiger partial charge in [-0.05, 0) is 38.0 Å². The Hall–Kier alpha value is -1.86. The number of sulfone groups is 1. The van der Waals surface area contributed by atoms with E-state index in [-0.39, 0.29) is 24.5 Å². The van der Waals surface area contributed by atoms with Gasteiger partial charge >= 0.3 is 0 Å². The van der Waals surface area contributed by atoms with Crippen molar-refractivity contribution in [1.29, 1.82) is 0 Å². The van der Waals surface area contributed by atoms with Crippen LogP contribution in [0.4, 0.5) is 5.69 Å². The van der Waals surface area contributed by atoms with Crippen LogP contribution in [0.1, 0.15) is 25.3 Å². The Morgan fingerprint density at radius 2 is 2.12 bits per heavy atom. The van der Waals surface area contributed by atoms with E-state index in [0.717, 1.165) is 5.56 Å². The maximum Gasteiger partial charge on any atom is 0.233 e. The van der Waals surface area contributed by atoms with E-state index in [2.05, 4.69) is 11.9 Å². The van der Waals surface area contributed by atoms with Crippen molar-refractivity contribution >= 4 is 38.9 Å². The lowest BCUT2D eigenvalue weighted by Gasteiger charge is -2.37. The van der Waals surface area contributed by atoms with Crippen LogP contribution in [0, 0.1) is 6.92 Å². The molecule has 0 aromatic heterocycles. The quantitative estimate of drug-likeness (QED) is 0.589. The first-order chi connectivity index (χ1) is 12.1. The van der Waals surface area contributed by atoms with Crippen LogP contribution in [0.3, 0.4) is 0 Å². The summed E-state index contributed by atoms with van der Waals surface area (Å²) in [7, 11) is -3.18. The van der Waals surface area contributed by atoms with Crippen LogP contribution in [0.15, 0.2) is 30.9 Å². The summed E-state index contributed by atoms with van der Waals surface area (Å²) in [5.74, 6) is -0.965. The van der Waals surface area contributed by atoms with Crippen LogP contribution in [0.5, 0.6) is 0 Å². The predicted molar refractivity (Wildman–Crippen MR) is 103 cm³/mol. The van der Waals surface area contributed by atoms with Crippen molar-refractivity contribution in [3.63, 3.8) is 0 Å². The number of halogens is 1. The van der Waals surface area contributed by atoms with E-state index < -0.39 is 27.2 Å². The summed E-state index contributed by atoms with van der Waals surface area (Å²) in [4.78, 5) is 26.4. The van der Waals surface area contributed by atoms with Gasteiger partial charge < -0.3 is 10.2 Å². The number of carbonyl (C=O) groups excluding carboxylic acids is 2. The Bertz CT molecular complexity index is 838. The first-order valence-electron chi connectivity index (χ1n) is 8.24. The third kappa shape index (κ3) is 4.86. The molecule has 2 amide bonds. The molecular formula is C18H23ClN2O4S. The standard InChI is InChI=1S/C18H23ClN2O4S/c1-4-8-21(18(3)7-9-26(24,25)12-18)17(23)11-16(22)20-15-10-14(19)6-5-13(15)2/h4-6,10H,1,7-9,11-12H2,2-3H3,(H,20,22). The van der Waals surface area contributed by atoms with Crippen LogP contribution in [-0.2, 0) is 19.4 Å². The van der Waals surface area contributed by atoms with Gasteiger partial charge in [0.15, 0.2) is 9.84 Å². The van der Waals surface area contributed by atoms with E-state index in [0.29, 0.717) is 17.1 Å². The molecule has 1 aromatic rings. The molecule has 1 unspecified atom stereocenters. The smallest absolute Gasteiger partial charge is 0.233 e. The monoisotopic (exact) mass is 398 g/mol. The molecule has 0 radical (unpaired) electrons. The highest BCUT2D eigenvalue weighted by molar-refractivity contribution is 7.91. The average molecular weight is 399 g/mol. The van der Waals surface area contributed by atoms with Crippen molar-refractivity contribution in [3.8, 4) is 0 Å². The van der Waals surface area contributed by atoms with Gasteiger partial charge in [0.25, 0.3) is 0 Å². The summed E-state index contributed by atoms with van der Waals surface area (Å²) in [5.41, 5.74) is 0.545. The van der Waals surface area contributed by atoms with E-state index in [4.69, 9.17) is 11.6 Å². The van der Waals surface area contributed by atoms with Crippen LogP contribution >= 0.6 is 11.6 Å². The number of nitrogens with zero attached hydrogens (tertiary/aromatic N) is 1. The second kappa shape index (κ2) is 7.80. The summed E-state index contributed by atoms with van der Waals surface area (Å²) >= 11 is 5.93. The minimum atomic E-state index is -3.18. The fourth-order valence-corrected chi connectivity index (χ4v) is 5.43. The largest absolute Gasteiger partial charge is 0.332 e. The van der Waals surface area contributed by atoms with Crippen LogP contribution in [-0.4, -0.2) is 48.7 Å². The summed E-state index contributed by atoms with van der Waals surface area (Å²) < 4.78 is 23.7. The van der Waals surface area contributed by atoms with E-state index >= 15 is 0 Å². The molecule has 0 bridgehead atoms. The lowest BCUT2D eigenvalue weighted by molar-refractivity contribution is -0.138. The molecule has 0 spiro atoms. The second-order valence-corrected chi connectivity index (χ2v) is 9.44. The molecule has 1 fully saturated rings. The van der Waals surface area contributed by atoms with E-state index in [9.17, 15) is 18.0 Å². The van der Waals surface area contributed by atoms with Gasteiger partial charge in [0.1, 0.15) is 6.42 Å². The molecule has 1 heterocycles. The van der Waals surface area contributed by atoms with Crippen LogP contribution in [0.25, 0.3) is 0 Å². The lowest BCUT2D eigenvalue weighted by atomic mass is 9.98. The van der Waals surface area contributed by atoms with Crippen molar-refractivity contribution < 1.29 is 18.0 Å². The van der Waals surface area contributed by atoms with Gasteiger partial charge in [-0.3, -0.25) is 9.59 Å². The highest BCUT2D eigenvalue weighted by atomic mass is 35.5. The van der Waals surface area contributed by atoms with Crippen molar-refractivity contribution in [2.45, 2.75) is 32.2 Å². The Morgan fingerprint density at radius 1 is 1.42 bits per heavy atom. The van der Waals surface area contributed by atoms with Gasteiger partial charge in [-0.1, -0.05) is 23.7 Å². The topological polar surface area (TPSA) is 83.6 Å². The zero-order chi connectivity index (χ0) is 19.5. The van der Waals surface area contributed by atoms with Gasteiger partial charge in [0.2, 0.25) is 11.8 Å². The number of rotatable bonds is 6. The van der Waals surface area contributed by atoms with Gasteiger partial charge in [-0.15, -0.1) is 6.58 Å². The first-order valence-corrected chi connectivity index (χ1v) is 10.4. The molecule has 1 aliphatic heterocycles. The third-order valence-corrected chi connectivity index (χ3v) is 6.66. The molecule has 6 nitrogen and oxygen atoms in total. The maximum atomic E-state index is 12.7. The summed E-state index contributed by atoms with van der Waals surface area (Å²) in [6.45, 7) is 7.38. The fourth-order valence-electron chi connectivity index (χ4n) is 3.11. The molecular weight excluding hydrogens is 376 g/mol. The zero-order valence-corrected chi connectivity index (χ0v) is 16.5. The number of benzene rings is 1. The van der Waals surface area contributed by atoms with Crippen LogP contribution in [0.2, 0.25) is 5.02 Å². The van der Waals surface area contributed by atoms with E-state index in [1.165, 1.54) is 11.0 Å². The molecule has 0 aliphatic carbocycles. The molecule has 1 saturated heterocycles. The molecule has 1 aliphatic rings. The predicted octanol–water partition coefficient (Wildman–Crippen LogP) is 2.57. The van der Waals surface area contributed by atoms with Gasteiger partial charge in [-0.25, -0.2) is 8.42 Å². The van der Waals surface area contributed by atoms with Crippen molar-refractivity contribution in [1.82, 2.24) is 4.90 Å². The van der Waals surface area contributed by atoms with Crippen molar-refractivity contribution in [2.24, 2.45) is 0 Å². The molecule has 142 valence electrons. The molecule has 0 saturated carbocycles. The van der Waals surface area contributed by atoms with Crippen molar-refractivity contribution in [2.75, 3.05) is 23.4 Å². The Morgan fingerprint density at radius 3 is 2.69 bits per heavy atom. The third-order valence-electron chi connectivity index (χ3n) is 4.53. The van der Waals surface area contributed by atoms with E-state index in [1.807, 2.05) is 6.92 Å². The molecule has 2 rings (SSSR count). The second-order valence-electron chi connectivity index (χ2n) is 6.82. The summed E-state index contributed by atoms with van der Waals surface area (Å²) in [5, 5.41) is 3.16. The molecule has 8 heteroatoms. The molecule has 1 atom stereocenters. The minimum Gasteiger partial charge on any atom is -0.332 e. The van der Waals surface area contributed by atoms with Gasteiger partial charge in [0.05, 0.1) is 17.0 Å². The lowest BCUT2D eigenvalue weighted by Crippen LogP contribution is -2.51. The SMILES string of the molecule is C=CCN(C(=O)CC(=O)Nc1cc(Cl)ccc1C)C1(C)CCS(=O)(=O)C1. The highest BCUT2D eigenvalue weighted by Gasteiger charge is 2.44. The zero-order valence-electron chi connectivity index (χ0n) is 14.9. The normalized spacial score (nSPS) is 21.2. The van der Waals surface area contributed by atoms with Crippen molar-refractivity contribution in [3.05, 3.63) is 41.4 Å². The van der Waals surface area contributed by atoms with Crippen LogP contribution < -0.4 is 5.32 Å². The van der Waals surface area contributed by atoms with Gasteiger partial charge in [-0.2, -0.15) is 0 Å². The Balaban J connectivity index is 2.11. The molecule has 26 heavy (non-hydrogen) atoms. The average Bonchev–Trinajstić information content (AvgIpc) is 2.82. The minimum absolute atomic E-state index is 0.0400.